The van der Waals surface area contributed by atoms with Crippen molar-refractivity contribution in [2.45, 2.75) is 19.9 Å². The Kier molecular flexibility index (Phi) is 6.45. The average molecular weight is 265 g/mol. The molecule has 1 amide bonds. The molecule has 0 aliphatic carbocycles. The molecular formula is C14H23N3O2. The summed E-state index contributed by atoms with van der Waals surface area (Å²) in [6.07, 6.45) is 1.80. The van der Waals surface area contributed by atoms with E-state index in [1.165, 1.54) is 0 Å². The van der Waals surface area contributed by atoms with Crippen LogP contribution in [-0.2, 0) is 9.53 Å². The van der Waals surface area contributed by atoms with Crippen LogP contribution < -0.4 is 5.32 Å². The van der Waals surface area contributed by atoms with Crippen LogP contribution >= 0.6 is 0 Å². The maximum absolute atomic E-state index is 11.9. The number of carbonyl (C=O) groups excluding carboxylic acids is 1. The summed E-state index contributed by atoms with van der Waals surface area (Å²) in [5.41, 5.74) is 1.99. The maximum Gasteiger partial charge on any atom is 0.234 e. The number of nitrogens with zero attached hydrogens (tertiary/aromatic N) is 2. The van der Waals surface area contributed by atoms with Gasteiger partial charge in [-0.25, -0.2) is 0 Å². The lowest BCUT2D eigenvalue weighted by Gasteiger charge is -2.18. The molecule has 0 saturated carbocycles. The van der Waals surface area contributed by atoms with Gasteiger partial charge in [-0.2, -0.15) is 0 Å². The lowest BCUT2D eigenvalue weighted by atomic mass is 10.1. The molecular weight excluding hydrogens is 242 g/mol. The molecule has 0 fully saturated rings. The number of ether oxygens (including phenoxy) is 1. The second-order valence-electron chi connectivity index (χ2n) is 4.75. The molecule has 106 valence electrons. The summed E-state index contributed by atoms with van der Waals surface area (Å²) in [7, 11) is 3.55. The summed E-state index contributed by atoms with van der Waals surface area (Å²) in [6.45, 7) is 5.63. The summed E-state index contributed by atoms with van der Waals surface area (Å²) in [5.74, 6) is 0.00618. The zero-order valence-corrected chi connectivity index (χ0v) is 12.1. The predicted molar refractivity (Wildman–Crippen MR) is 74.9 cm³/mol. The summed E-state index contributed by atoms with van der Waals surface area (Å²) in [4.78, 5) is 18.0. The molecule has 0 aromatic carbocycles. The fourth-order valence-electron chi connectivity index (χ4n) is 1.68. The maximum atomic E-state index is 11.9. The largest absolute Gasteiger partial charge is 0.383 e. The first-order valence-electron chi connectivity index (χ1n) is 6.42. The molecule has 0 aliphatic rings. The quantitative estimate of drug-likeness (QED) is 0.803. The Bertz CT molecular complexity index is 392. The van der Waals surface area contributed by atoms with Crippen molar-refractivity contribution >= 4 is 5.91 Å². The third kappa shape index (κ3) is 5.81. The molecule has 1 aromatic heterocycles. The number of rotatable bonds is 7. The minimum atomic E-state index is -0.0311. The lowest BCUT2D eigenvalue weighted by molar-refractivity contribution is -0.122. The number of methoxy groups -OCH3 is 1. The molecule has 0 spiro atoms. The highest BCUT2D eigenvalue weighted by atomic mass is 16.5. The molecule has 1 heterocycles. The van der Waals surface area contributed by atoms with E-state index >= 15 is 0 Å². The van der Waals surface area contributed by atoms with Crippen molar-refractivity contribution in [3.8, 4) is 0 Å². The summed E-state index contributed by atoms with van der Waals surface area (Å²) < 4.78 is 4.97. The van der Waals surface area contributed by atoms with Crippen LogP contribution in [0.2, 0.25) is 0 Å². The van der Waals surface area contributed by atoms with Gasteiger partial charge in [-0.1, -0.05) is 6.07 Å². The van der Waals surface area contributed by atoms with Crippen molar-refractivity contribution in [1.82, 2.24) is 15.2 Å². The molecule has 0 unspecified atom stereocenters. The van der Waals surface area contributed by atoms with E-state index in [0.29, 0.717) is 13.2 Å². The molecule has 5 nitrogen and oxygen atoms in total. The second-order valence-corrected chi connectivity index (χ2v) is 4.75. The first-order chi connectivity index (χ1) is 9.02. The topological polar surface area (TPSA) is 54.5 Å². The molecule has 0 radical (unpaired) electrons. The van der Waals surface area contributed by atoms with E-state index in [9.17, 15) is 4.79 Å². The van der Waals surface area contributed by atoms with E-state index in [-0.39, 0.29) is 11.9 Å². The zero-order valence-electron chi connectivity index (χ0n) is 12.1. The number of pyridine rings is 1. The Morgan fingerprint density at radius 3 is 2.84 bits per heavy atom. The van der Waals surface area contributed by atoms with Gasteiger partial charge in [0.25, 0.3) is 0 Å². The molecule has 1 N–H and O–H groups in total. The second kappa shape index (κ2) is 7.86. The van der Waals surface area contributed by atoms with Gasteiger partial charge in [0, 0.05) is 25.5 Å². The number of hydrogen-bond donors (Lipinski definition) is 1. The lowest BCUT2D eigenvalue weighted by Crippen LogP contribution is -2.37. The van der Waals surface area contributed by atoms with Crippen LogP contribution in [0.5, 0.6) is 0 Å². The molecule has 1 atom stereocenters. The molecule has 5 heteroatoms. The van der Waals surface area contributed by atoms with Crippen molar-refractivity contribution in [3.63, 3.8) is 0 Å². The third-order valence-corrected chi connectivity index (χ3v) is 2.90. The van der Waals surface area contributed by atoms with Gasteiger partial charge in [0.15, 0.2) is 0 Å². The highest BCUT2D eigenvalue weighted by Gasteiger charge is 2.11. The molecule has 0 bridgehead atoms. The Hall–Kier alpha value is -1.46. The minimum absolute atomic E-state index is 0.00618. The Labute approximate surface area is 115 Å². The number of amides is 1. The van der Waals surface area contributed by atoms with Crippen molar-refractivity contribution < 1.29 is 9.53 Å². The Morgan fingerprint density at radius 2 is 2.26 bits per heavy atom. The van der Waals surface area contributed by atoms with Gasteiger partial charge in [-0.05, 0) is 32.5 Å². The smallest absolute Gasteiger partial charge is 0.234 e. The molecule has 19 heavy (non-hydrogen) atoms. The standard InChI is InChI=1S/C14H23N3O2/c1-11-5-6-13(9-15-11)12(2)16-14(18)10-17(3)7-8-19-4/h5-6,9,12H,7-8,10H2,1-4H3,(H,16,18)/t12-/m1/s1. The van der Waals surface area contributed by atoms with E-state index < -0.39 is 0 Å². The van der Waals surface area contributed by atoms with Crippen LogP contribution in [0.25, 0.3) is 0 Å². The van der Waals surface area contributed by atoms with Crippen molar-refractivity contribution in [3.05, 3.63) is 29.6 Å². The van der Waals surface area contributed by atoms with Crippen LogP contribution in [0.3, 0.4) is 0 Å². The van der Waals surface area contributed by atoms with Crippen LogP contribution in [0, 0.1) is 6.92 Å². The van der Waals surface area contributed by atoms with Gasteiger partial charge < -0.3 is 10.1 Å². The van der Waals surface area contributed by atoms with Crippen molar-refractivity contribution in [2.24, 2.45) is 0 Å². The van der Waals surface area contributed by atoms with Gasteiger partial charge in [-0.3, -0.25) is 14.7 Å². The summed E-state index contributed by atoms with van der Waals surface area (Å²) in [6, 6.07) is 3.90. The van der Waals surface area contributed by atoms with Gasteiger partial charge in [0.05, 0.1) is 19.2 Å². The number of likely N-dealkylation sites (N-methyl/N-ethyl adjacent to an activating group) is 1. The molecule has 1 rings (SSSR count). The summed E-state index contributed by atoms with van der Waals surface area (Å²) >= 11 is 0. The molecule has 0 aliphatic heterocycles. The fourth-order valence-corrected chi connectivity index (χ4v) is 1.68. The Morgan fingerprint density at radius 1 is 1.53 bits per heavy atom. The highest BCUT2D eigenvalue weighted by molar-refractivity contribution is 5.78. The fraction of sp³-hybridized carbons (Fsp3) is 0.571. The van der Waals surface area contributed by atoms with E-state index in [1.807, 2.05) is 37.9 Å². The normalized spacial score (nSPS) is 12.5. The highest BCUT2D eigenvalue weighted by Crippen LogP contribution is 2.10. The van der Waals surface area contributed by atoms with Crippen LogP contribution in [0.15, 0.2) is 18.3 Å². The van der Waals surface area contributed by atoms with Crippen LogP contribution in [0.4, 0.5) is 0 Å². The number of nitrogens with one attached hydrogen (secondary N) is 1. The van der Waals surface area contributed by atoms with Gasteiger partial charge in [0.2, 0.25) is 5.91 Å². The number of carbonyl (C=O) groups is 1. The van der Waals surface area contributed by atoms with E-state index in [4.69, 9.17) is 4.74 Å². The first kappa shape index (κ1) is 15.6. The van der Waals surface area contributed by atoms with Crippen LogP contribution in [0.1, 0.15) is 24.2 Å². The number of aryl methyl sites for hydroxylation is 1. The monoisotopic (exact) mass is 265 g/mol. The first-order valence-corrected chi connectivity index (χ1v) is 6.42. The molecule has 0 saturated heterocycles. The van der Waals surface area contributed by atoms with Gasteiger partial charge >= 0.3 is 0 Å². The predicted octanol–water partition coefficient (Wildman–Crippen LogP) is 1.15. The SMILES string of the molecule is COCCN(C)CC(=O)N[C@H](C)c1ccc(C)nc1. The number of hydrogen-bond acceptors (Lipinski definition) is 4. The van der Waals surface area contributed by atoms with E-state index in [1.54, 1.807) is 13.3 Å². The molecule has 1 aromatic rings. The van der Waals surface area contributed by atoms with Crippen LogP contribution in [-0.4, -0.2) is 49.6 Å². The number of aromatic nitrogens is 1. The van der Waals surface area contributed by atoms with E-state index in [0.717, 1.165) is 17.8 Å². The van der Waals surface area contributed by atoms with Gasteiger partial charge in [-0.15, -0.1) is 0 Å². The van der Waals surface area contributed by atoms with Gasteiger partial charge in [0.1, 0.15) is 0 Å². The van der Waals surface area contributed by atoms with Crippen molar-refractivity contribution in [2.75, 3.05) is 33.9 Å². The Balaban J connectivity index is 2.41. The van der Waals surface area contributed by atoms with Crippen molar-refractivity contribution in [1.29, 1.82) is 0 Å². The summed E-state index contributed by atoms with van der Waals surface area (Å²) in [5, 5.41) is 2.96. The zero-order chi connectivity index (χ0) is 14.3. The average Bonchev–Trinajstić information content (AvgIpc) is 2.36. The third-order valence-electron chi connectivity index (χ3n) is 2.90. The minimum Gasteiger partial charge on any atom is -0.383 e. The van der Waals surface area contributed by atoms with E-state index in [2.05, 4.69) is 10.3 Å².